The standard InChI is InChI=1S/C17H22ClNO5/c1-23-14-4-3-12(18)9-13(14)15(20)19-10-17(22)7-5-11(6-8-17)16(21)24-2/h3-4,9,11,22H,5-8,10H2,1-2H3,(H,19,20). The van der Waals surface area contributed by atoms with E-state index < -0.39 is 5.60 Å². The zero-order chi connectivity index (χ0) is 17.7. The summed E-state index contributed by atoms with van der Waals surface area (Å²) in [6.45, 7) is 0.107. The second-order valence-electron chi connectivity index (χ2n) is 6.05. The van der Waals surface area contributed by atoms with E-state index in [0.717, 1.165) is 0 Å². The van der Waals surface area contributed by atoms with Gasteiger partial charge in [-0.1, -0.05) is 11.6 Å². The van der Waals surface area contributed by atoms with Crippen LogP contribution in [-0.4, -0.2) is 43.3 Å². The van der Waals surface area contributed by atoms with Crippen LogP contribution in [0.25, 0.3) is 0 Å². The summed E-state index contributed by atoms with van der Waals surface area (Å²) in [5.41, 5.74) is -0.705. The predicted octanol–water partition coefficient (Wildman–Crippen LogP) is 2.17. The SMILES string of the molecule is COC(=O)C1CCC(O)(CNC(=O)c2cc(Cl)ccc2OC)CC1. The molecule has 0 radical (unpaired) electrons. The van der Waals surface area contributed by atoms with E-state index in [4.69, 9.17) is 21.1 Å². The number of carbonyl (C=O) groups is 2. The maximum atomic E-state index is 12.3. The molecule has 0 bridgehead atoms. The van der Waals surface area contributed by atoms with Crippen LogP contribution in [0.4, 0.5) is 0 Å². The molecule has 1 aromatic carbocycles. The molecule has 0 aromatic heterocycles. The summed E-state index contributed by atoms with van der Waals surface area (Å²) in [4.78, 5) is 23.9. The maximum Gasteiger partial charge on any atom is 0.308 e. The molecule has 0 heterocycles. The Morgan fingerprint density at radius 1 is 1.33 bits per heavy atom. The minimum atomic E-state index is -1.02. The van der Waals surface area contributed by atoms with Crippen LogP contribution < -0.4 is 10.1 Å². The van der Waals surface area contributed by atoms with Crippen LogP contribution in [0, 0.1) is 5.92 Å². The fourth-order valence-electron chi connectivity index (χ4n) is 2.93. The monoisotopic (exact) mass is 355 g/mol. The molecule has 1 aromatic rings. The molecule has 24 heavy (non-hydrogen) atoms. The molecule has 0 atom stereocenters. The number of ether oxygens (including phenoxy) is 2. The van der Waals surface area contributed by atoms with Crippen LogP contribution >= 0.6 is 11.6 Å². The molecule has 0 aliphatic heterocycles. The van der Waals surface area contributed by atoms with Crippen molar-refractivity contribution in [2.24, 2.45) is 5.92 Å². The second kappa shape index (κ2) is 7.85. The fourth-order valence-corrected chi connectivity index (χ4v) is 3.10. The van der Waals surface area contributed by atoms with E-state index >= 15 is 0 Å². The van der Waals surface area contributed by atoms with Crippen LogP contribution in [0.5, 0.6) is 5.75 Å². The minimum Gasteiger partial charge on any atom is -0.496 e. The van der Waals surface area contributed by atoms with Crippen molar-refractivity contribution in [1.29, 1.82) is 0 Å². The molecule has 1 saturated carbocycles. The fraction of sp³-hybridized carbons (Fsp3) is 0.529. The lowest BCUT2D eigenvalue weighted by Crippen LogP contribution is -2.46. The quantitative estimate of drug-likeness (QED) is 0.791. The lowest BCUT2D eigenvalue weighted by atomic mass is 9.78. The minimum absolute atomic E-state index is 0.107. The Balaban J connectivity index is 1.95. The van der Waals surface area contributed by atoms with Crippen molar-refractivity contribution in [2.75, 3.05) is 20.8 Å². The largest absolute Gasteiger partial charge is 0.496 e. The summed E-state index contributed by atoms with van der Waals surface area (Å²) < 4.78 is 9.89. The van der Waals surface area contributed by atoms with Gasteiger partial charge in [0.2, 0.25) is 0 Å². The Bertz CT molecular complexity index is 611. The summed E-state index contributed by atoms with van der Waals surface area (Å²) in [5, 5.41) is 13.8. The van der Waals surface area contributed by atoms with Crippen LogP contribution in [0.15, 0.2) is 18.2 Å². The highest BCUT2D eigenvalue weighted by Gasteiger charge is 2.36. The van der Waals surface area contributed by atoms with Crippen molar-refractivity contribution >= 4 is 23.5 Å². The lowest BCUT2D eigenvalue weighted by molar-refractivity contribution is -0.148. The van der Waals surface area contributed by atoms with Crippen LogP contribution in [-0.2, 0) is 9.53 Å². The third-order valence-electron chi connectivity index (χ3n) is 4.43. The van der Waals surface area contributed by atoms with Crippen molar-refractivity contribution in [3.8, 4) is 5.75 Å². The molecule has 1 aliphatic carbocycles. The number of methoxy groups -OCH3 is 2. The Kier molecular flexibility index (Phi) is 6.07. The molecule has 1 aliphatic rings. The van der Waals surface area contributed by atoms with Crippen LogP contribution in [0.2, 0.25) is 5.02 Å². The molecule has 2 N–H and O–H groups in total. The van der Waals surface area contributed by atoms with E-state index in [1.165, 1.54) is 20.3 Å². The molecule has 2 rings (SSSR count). The smallest absolute Gasteiger partial charge is 0.308 e. The first-order valence-electron chi connectivity index (χ1n) is 7.80. The van der Waals surface area contributed by atoms with Crippen molar-refractivity contribution in [2.45, 2.75) is 31.3 Å². The number of hydrogen-bond donors (Lipinski definition) is 2. The van der Waals surface area contributed by atoms with Crippen molar-refractivity contribution in [3.63, 3.8) is 0 Å². The normalized spacial score (nSPS) is 23.4. The number of benzene rings is 1. The molecule has 1 amide bonds. The van der Waals surface area contributed by atoms with Gasteiger partial charge >= 0.3 is 5.97 Å². The molecular weight excluding hydrogens is 334 g/mol. The van der Waals surface area contributed by atoms with Gasteiger partial charge in [0.25, 0.3) is 5.91 Å². The number of aliphatic hydroxyl groups is 1. The highest BCUT2D eigenvalue weighted by Crippen LogP contribution is 2.32. The number of esters is 1. The first-order valence-corrected chi connectivity index (χ1v) is 8.18. The lowest BCUT2D eigenvalue weighted by Gasteiger charge is -2.35. The third kappa shape index (κ3) is 4.39. The number of hydrogen-bond acceptors (Lipinski definition) is 5. The number of rotatable bonds is 5. The van der Waals surface area contributed by atoms with Crippen molar-refractivity contribution in [1.82, 2.24) is 5.32 Å². The summed E-state index contributed by atoms with van der Waals surface area (Å²) in [6.07, 6.45) is 1.94. The topological polar surface area (TPSA) is 84.9 Å². The summed E-state index contributed by atoms with van der Waals surface area (Å²) in [7, 11) is 2.84. The Morgan fingerprint density at radius 2 is 2.00 bits per heavy atom. The molecular formula is C17H22ClNO5. The van der Waals surface area contributed by atoms with E-state index in [2.05, 4.69) is 5.32 Å². The molecule has 132 valence electrons. The average molecular weight is 356 g/mol. The van der Waals surface area contributed by atoms with Crippen LogP contribution in [0.1, 0.15) is 36.0 Å². The molecule has 6 nitrogen and oxygen atoms in total. The number of carbonyl (C=O) groups excluding carboxylic acids is 2. The third-order valence-corrected chi connectivity index (χ3v) is 4.67. The van der Waals surface area contributed by atoms with E-state index in [-0.39, 0.29) is 24.3 Å². The van der Waals surface area contributed by atoms with Gasteiger partial charge in [-0.05, 0) is 43.9 Å². The highest BCUT2D eigenvalue weighted by molar-refractivity contribution is 6.31. The molecule has 0 unspecified atom stereocenters. The van der Waals surface area contributed by atoms with Gasteiger partial charge < -0.3 is 19.9 Å². The Hall–Kier alpha value is -1.79. The van der Waals surface area contributed by atoms with Gasteiger partial charge in [-0.15, -0.1) is 0 Å². The van der Waals surface area contributed by atoms with Gasteiger partial charge in [0.15, 0.2) is 0 Å². The number of halogens is 1. The zero-order valence-corrected chi connectivity index (χ0v) is 14.6. The van der Waals surface area contributed by atoms with Gasteiger partial charge in [-0.25, -0.2) is 0 Å². The van der Waals surface area contributed by atoms with E-state index in [1.807, 2.05) is 0 Å². The Morgan fingerprint density at radius 3 is 2.58 bits per heavy atom. The van der Waals surface area contributed by atoms with E-state index in [9.17, 15) is 14.7 Å². The number of nitrogens with one attached hydrogen (secondary N) is 1. The zero-order valence-electron chi connectivity index (χ0n) is 13.8. The predicted molar refractivity (Wildman–Crippen MR) is 89.3 cm³/mol. The highest BCUT2D eigenvalue weighted by atomic mass is 35.5. The van der Waals surface area contributed by atoms with Crippen molar-refractivity contribution in [3.05, 3.63) is 28.8 Å². The number of amides is 1. The average Bonchev–Trinajstić information content (AvgIpc) is 2.59. The van der Waals surface area contributed by atoms with Gasteiger partial charge in [0.1, 0.15) is 5.75 Å². The molecule has 7 heteroatoms. The van der Waals surface area contributed by atoms with Gasteiger partial charge in [-0.3, -0.25) is 9.59 Å². The summed E-state index contributed by atoms with van der Waals surface area (Å²) in [6, 6.07) is 4.78. The Labute approximate surface area is 146 Å². The molecule has 1 fully saturated rings. The van der Waals surface area contributed by atoms with Crippen molar-refractivity contribution < 1.29 is 24.2 Å². The van der Waals surface area contributed by atoms with E-state index in [1.54, 1.807) is 12.1 Å². The summed E-state index contributed by atoms with van der Waals surface area (Å²) in [5.74, 6) is -0.375. The van der Waals surface area contributed by atoms with E-state index in [0.29, 0.717) is 42.0 Å². The summed E-state index contributed by atoms with van der Waals surface area (Å²) >= 11 is 5.92. The molecule has 0 saturated heterocycles. The first kappa shape index (κ1) is 18.5. The van der Waals surface area contributed by atoms with Gasteiger partial charge in [-0.2, -0.15) is 0 Å². The molecule has 0 spiro atoms. The maximum absolute atomic E-state index is 12.3. The van der Waals surface area contributed by atoms with Gasteiger partial charge in [0, 0.05) is 11.6 Å². The van der Waals surface area contributed by atoms with Crippen LogP contribution in [0.3, 0.4) is 0 Å². The van der Waals surface area contributed by atoms with Gasteiger partial charge in [0.05, 0.1) is 31.3 Å². The second-order valence-corrected chi connectivity index (χ2v) is 6.49. The first-order chi connectivity index (χ1) is 11.4.